The van der Waals surface area contributed by atoms with Crippen LogP contribution in [0.2, 0.25) is 0 Å². The van der Waals surface area contributed by atoms with Crippen molar-refractivity contribution < 1.29 is 4.79 Å². The van der Waals surface area contributed by atoms with E-state index in [0.717, 1.165) is 24.7 Å². The third-order valence-electron chi connectivity index (χ3n) is 3.46. The minimum Gasteiger partial charge on any atom is -0.300 e. The standard InChI is InChI=1S/C12H22O/c1-4-11(13)8-10-6-5-7-12(10)9(2)3/h9-10,12H,4-8H2,1-3H3/t10-,12-/m0/s1. The van der Waals surface area contributed by atoms with Gasteiger partial charge in [0.1, 0.15) is 5.78 Å². The van der Waals surface area contributed by atoms with Crippen LogP contribution in [0.3, 0.4) is 0 Å². The Labute approximate surface area is 81.9 Å². The Morgan fingerprint density at radius 1 is 1.38 bits per heavy atom. The molecule has 0 radical (unpaired) electrons. The van der Waals surface area contributed by atoms with Crippen LogP contribution in [-0.4, -0.2) is 5.78 Å². The van der Waals surface area contributed by atoms with Crippen LogP contribution < -0.4 is 0 Å². The van der Waals surface area contributed by atoms with E-state index < -0.39 is 0 Å². The molecule has 0 heterocycles. The van der Waals surface area contributed by atoms with Crippen molar-refractivity contribution in [2.24, 2.45) is 17.8 Å². The predicted molar refractivity (Wildman–Crippen MR) is 55.6 cm³/mol. The SMILES string of the molecule is CCC(=O)C[C@@H]1CCC[C@H]1C(C)C. The molecule has 1 aliphatic carbocycles. The molecule has 13 heavy (non-hydrogen) atoms. The summed E-state index contributed by atoms with van der Waals surface area (Å²) in [7, 11) is 0. The third-order valence-corrected chi connectivity index (χ3v) is 3.46. The molecular weight excluding hydrogens is 160 g/mol. The lowest BCUT2D eigenvalue weighted by Crippen LogP contribution is -2.17. The fraction of sp³-hybridized carbons (Fsp3) is 0.917. The number of hydrogen-bond acceptors (Lipinski definition) is 1. The summed E-state index contributed by atoms with van der Waals surface area (Å²) in [5.41, 5.74) is 0. The van der Waals surface area contributed by atoms with E-state index in [4.69, 9.17) is 0 Å². The molecule has 0 aliphatic heterocycles. The van der Waals surface area contributed by atoms with Gasteiger partial charge in [0.05, 0.1) is 0 Å². The van der Waals surface area contributed by atoms with E-state index in [9.17, 15) is 4.79 Å². The first-order chi connectivity index (χ1) is 6.15. The number of carbonyl (C=O) groups excluding carboxylic acids is 1. The van der Waals surface area contributed by atoms with Gasteiger partial charge in [0.2, 0.25) is 0 Å². The van der Waals surface area contributed by atoms with Crippen LogP contribution in [-0.2, 0) is 4.79 Å². The average Bonchev–Trinajstić information content (AvgIpc) is 2.52. The number of hydrogen-bond donors (Lipinski definition) is 0. The molecule has 1 fully saturated rings. The van der Waals surface area contributed by atoms with Crippen molar-refractivity contribution in [1.29, 1.82) is 0 Å². The Balaban J connectivity index is 2.44. The highest BCUT2D eigenvalue weighted by Crippen LogP contribution is 2.38. The maximum atomic E-state index is 11.3. The van der Waals surface area contributed by atoms with Crippen LogP contribution in [0.1, 0.15) is 52.9 Å². The van der Waals surface area contributed by atoms with Gasteiger partial charge in [0, 0.05) is 12.8 Å². The van der Waals surface area contributed by atoms with E-state index in [-0.39, 0.29) is 0 Å². The molecule has 0 N–H and O–H groups in total. The van der Waals surface area contributed by atoms with Crippen molar-refractivity contribution in [3.05, 3.63) is 0 Å². The highest BCUT2D eigenvalue weighted by atomic mass is 16.1. The summed E-state index contributed by atoms with van der Waals surface area (Å²) in [5.74, 6) is 2.73. The van der Waals surface area contributed by atoms with E-state index in [1.807, 2.05) is 6.92 Å². The van der Waals surface area contributed by atoms with Gasteiger partial charge in [-0.2, -0.15) is 0 Å². The molecule has 0 spiro atoms. The maximum absolute atomic E-state index is 11.3. The van der Waals surface area contributed by atoms with E-state index >= 15 is 0 Å². The molecule has 1 aliphatic rings. The lowest BCUT2D eigenvalue weighted by molar-refractivity contribution is -0.120. The van der Waals surface area contributed by atoms with Gasteiger partial charge in [0.25, 0.3) is 0 Å². The summed E-state index contributed by atoms with van der Waals surface area (Å²) in [6.07, 6.45) is 5.54. The number of ketones is 1. The second kappa shape index (κ2) is 4.78. The van der Waals surface area contributed by atoms with Crippen LogP contribution >= 0.6 is 0 Å². The van der Waals surface area contributed by atoms with E-state index in [2.05, 4.69) is 13.8 Å². The Bertz CT molecular complexity index is 172. The fourth-order valence-corrected chi connectivity index (χ4v) is 2.63. The Kier molecular flexibility index (Phi) is 3.95. The molecule has 0 unspecified atom stereocenters. The summed E-state index contributed by atoms with van der Waals surface area (Å²) >= 11 is 0. The van der Waals surface area contributed by atoms with E-state index in [1.54, 1.807) is 0 Å². The molecule has 1 heteroatoms. The minimum absolute atomic E-state index is 0.456. The predicted octanol–water partition coefficient (Wildman–Crippen LogP) is 3.43. The lowest BCUT2D eigenvalue weighted by Gasteiger charge is -2.22. The topological polar surface area (TPSA) is 17.1 Å². The fourth-order valence-electron chi connectivity index (χ4n) is 2.63. The molecular formula is C12H22O. The zero-order valence-electron chi connectivity index (χ0n) is 9.18. The average molecular weight is 182 g/mol. The quantitative estimate of drug-likeness (QED) is 0.651. The van der Waals surface area contributed by atoms with Gasteiger partial charge in [-0.1, -0.05) is 27.2 Å². The highest BCUT2D eigenvalue weighted by Gasteiger charge is 2.30. The molecule has 1 rings (SSSR count). The molecule has 0 amide bonds. The Morgan fingerprint density at radius 2 is 2.08 bits per heavy atom. The highest BCUT2D eigenvalue weighted by molar-refractivity contribution is 5.78. The van der Waals surface area contributed by atoms with Gasteiger partial charge in [-0.3, -0.25) is 4.79 Å². The van der Waals surface area contributed by atoms with Crippen molar-refractivity contribution in [2.45, 2.75) is 52.9 Å². The first kappa shape index (κ1) is 10.7. The molecule has 0 aromatic rings. The summed E-state index contributed by atoms with van der Waals surface area (Å²) in [4.78, 5) is 11.3. The molecule has 0 aromatic carbocycles. The van der Waals surface area contributed by atoms with Crippen molar-refractivity contribution in [2.75, 3.05) is 0 Å². The first-order valence-corrected chi connectivity index (χ1v) is 5.66. The van der Waals surface area contributed by atoms with Crippen molar-refractivity contribution in [3.63, 3.8) is 0 Å². The van der Waals surface area contributed by atoms with Gasteiger partial charge in [0.15, 0.2) is 0 Å². The van der Waals surface area contributed by atoms with Crippen LogP contribution in [0.4, 0.5) is 0 Å². The zero-order chi connectivity index (χ0) is 9.84. The molecule has 0 aromatic heterocycles. The van der Waals surface area contributed by atoms with Gasteiger partial charge in [-0.25, -0.2) is 0 Å². The largest absolute Gasteiger partial charge is 0.300 e. The van der Waals surface area contributed by atoms with Crippen LogP contribution in [0.25, 0.3) is 0 Å². The summed E-state index contributed by atoms with van der Waals surface area (Å²) in [6, 6.07) is 0. The molecule has 2 atom stereocenters. The summed E-state index contributed by atoms with van der Waals surface area (Å²) < 4.78 is 0. The molecule has 76 valence electrons. The third kappa shape index (κ3) is 2.82. The van der Waals surface area contributed by atoms with E-state index in [1.165, 1.54) is 19.3 Å². The second-order valence-electron chi connectivity index (χ2n) is 4.70. The summed E-state index contributed by atoms with van der Waals surface area (Å²) in [6.45, 7) is 6.56. The molecule has 0 saturated heterocycles. The number of rotatable bonds is 4. The van der Waals surface area contributed by atoms with Gasteiger partial charge in [-0.15, -0.1) is 0 Å². The van der Waals surface area contributed by atoms with Gasteiger partial charge >= 0.3 is 0 Å². The van der Waals surface area contributed by atoms with Gasteiger partial charge < -0.3 is 0 Å². The minimum atomic E-state index is 0.456. The van der Waals surface area contributed by atoms with Crippen LogP contribution in [0.5, 0.6) is 0 Å². The van der Waals surface area contributed by atoms with Crippen LogP contribution in [0.15, 0.2) is 0 Å². The van der Waals surface area contributed by atoms with Crippen LogP contribution in [0, 0.1) is 17.8 Å². The molecule has 0 bridgehead atoms. The zero-order valence-corrected chi connectivity index (χ0v) is 9.18. The maximum Gasteiger partial charge on any atom is 0.132 e. The number of carbonyl (C=O) groups is 1. The molecule has 1 nitrogen and oxygen atoms in total. The molecule has 1 saturated carbocycles. The number of Topliss-reactive ketones (excluding diaryl/α,β-unsaturated/α-hetero) is 1. The second-order valence-corrected chi connectivity index (χ2v) is 4.70. The van der Waals surface area contributed by atoms with Crippen molar-refractivity contribution in [1.82, 2.24) is 0 Å². The van der Waals surface area contributed by atoms with Crippen molar-refractivity contribution in [3.8, 4) is 0 Å². The normalized spacial score (nSPS) is 28.3. The summed E-state index contributed by atoms with van der Waals surface area (Å²) in [5, 5.41) is 0. The van der Waals surface area contributed by atoms with Crippen molar-refractivity contribution >= 4 is 5.78 Å². The first-order valence-electron chi connectivity index (χ1n) is 5.66. The Hall–Kier alpha value is -0.330. The monoisotopic (exact) mass is 182 g/mol. The van der Waals surface area contributed by atoms with Gasteiger partial charge in [-0.05, 0) is 30.6 Å². The lowest BCUT2D eigenvalue weighted by atomic mass is 9.83. The van der Waals surface area contributed by atoms with E-state index in [0.29, 0.717) is 11.7 Å². The Morgan fingerprint density at radius 3 is 2.62 bits per heavy atom. The smallest absolute Gasteiger partial charge is 0.132 e.